The third-order valence-corrected chi connectivity index (χ3v) is 5.03. The number of ether oxygens (including phenoxy) is 1. The fourth-order valence-corrected chi connectivity index (χ4v) is 3.75. The molecule has 0 radical (unpaired) electrons. The third kappa shape index (κ3) is 5.16. The smallest absolute Gasteiger partial charge is 0.225 e. The van der Waals surface area contributed by atoms with E-state index < -0.39 is 0 Å². The minimum absolute atomic E-state index is 0.0192. The van der Waals surface area contributed by atoms with Crippen molar-refractivity contribution in [1.82, 2.24) is 0 Å². The molecule has 0 heterocycles. The minimum Gasteiger partial charge on any atom is -0.497 e. The molecule has 0 unspecified atom stereocenters. The van der Waals surface area contributed by atoms with Crippen molar-refractivity contribution in [2.45, 2.75) is 32.1 Å². The van der Waals surface area contributed by atoms with Crippen LogP contribution in [0.3, 0.4) is 0 Å². The Morgan fingerprint density at radius 3 is 2.86 bits per heavy atom. The lowest BCUT2D eigenvalue weighted by atomic mass is 10.1. The number of methoxy groups -OCH3 is 1. The average Bonchev–Trinajstić information content (AvgIpc) is 2.99. The molecule has 4 nitrogen and oxygen atoms in total. The highest BCUT2D eigenvalue weighted by molar-refractivity contribution is 7.99. The zero-order valence-electron chi connectivity index (χ0n) is 12.6. The van der Waals surface area contributed by atoms with Crippen LogP contribution in [0.2, 0.25) is 0 Å². The first-order chi connectivity index (χ1) is 10.2. The quantitative estimate of drug-likeness (QED) is 0.597. The van der Waals surface area contributed by atoms with Crippen LogP contribution in [-0.4, -0.2) is 24.5 Å². The van der Waals surface area contributed by atoms with Gasteiger partial charge in [0.05, 0.1) is 18.5 Å². The predicted molar refractivity (Wildman–Crippen MR) is 89.9 cm³/mol. The number of hydrogen-bond donors (Lipinski definition) is 2. The minimum atomic E-state index is 0.0192. The van der Waals surface area contributed by atoms with Crippen LogP contribution >= 0.6 is 11.8 Å². The molecule has 0 aliphatic heterocycles. The Morgan fingerprint density at radius 2 is 2.19 bits per heavy atom. The molecule has 3 N–H and O–H groups in total. The maximum atomic E-state index is 11.9. The van der Waals surface area contributed by atoms with Crippen molar-refractivity contribution in [3.05, 3.63) is 18.2 Å². The zero-order valence-corrected chi connectivity index (χ0v) is 13.4. The first kappa shape index (κ1) is 16.0. The predicted octanol–water partition coefficient (Wildman–Crippen LogP) is 3.53. The van der Waals surface area contributed by atoms with E-state index in [1.54, 1.807) is 25.3 Å². The highest BCUT2D eigenvalue weighted by Gasteiger charge is 2.14. The van der Waals surface area contributed by atoms with E-state index in [-0.39, 0.29) is 5.91 Å². The molecule has 1 aliphatic carbocycles. The molecule has 1 amide bonds. The molecule has 1 aromatic carbocycles. The van der Waals surface area contributed by atoms with Gasteiger partial charge in [-0.3, -0.25) is 4.79 Å². The number of hydrogen-bond acceptors (Lipinski definition) is 4. The normalized spacial score (nSPS) is 15.1. The van der Waals surface area contributed by atoms with Gasteiger partial charge in [0, 0.05) is 18.2 Å². The number of thioether (sulfide) groups is 1. The van der Waals surface area contributed by atoms with Gasteiger partial charge in [0.15, 0.2) is 0 Å². The fraction of sp³-hybridized carbons (Fsp3) is 0.562. The second-order valence-electron chi connectivity index (χ2n) is 5.48. The lowest BCUT2D eigenvalue weighted by Gasteiger charge is -2.10. The molecule has 2 rings (SSSR count). The Bertz CT molecular complexity index is 473. The molecule has 1 aromatic rings. The van der Waals surface area contributed by atoms with E-state index in [0.29, 0.717) is 23.5 Å². The number of anilines is 2. The van der Waals surface area contributed by atoms with E-state index in [1.165, 1.54) is 31.4 Å². The second kappa shape index (κ2) is 8.17. The molecule has 21 heavy (non-hydrogen) atoms. The molecule has 0 saturated heterocycles. The van der Waals surface area contributed by atoms with Crippen LogP contribution in [0.4, 0.5) is 11.4 Å². The Labute approximate surface area is 130 Å². The number of benzene rings is 1. The lowest BCUT2D eigenvalue weighted by Crippen LogP contribution is -2.14. The molecule has 116 valence electrons. The van der Waals surface area contributed by atoms with Gasteiger partial charge < -0.3 is 15.8 Å². The second-order valence-corrected chi connectivity index (χ2v) is 6.63. The summed E-state index contributed by atoms with van der Waals surface area (Å²) >= 11 is 1.89. The van der Waals surface area contributed by atoms with Gasteiger partial charge in [0.2, 0.25) is 5.91 Å². The van der Waals surface area contributed by atoms with Gasteiger partial charge in [0.1, 0.15) is 5.75 Å². The number of nitrogens with one attached hydrogen (secondary N) is 1. The Hall–Kier alpha value is -1.36. The highest BCUT2D eigenvalue weighted by atomic mass is 32.2. The van der Waals surface area contributed by atoms with Gasteiger partial charge >= 0.3 is 0 Å². The zero-order chi connectivity index (χ0) is 15.1. The summed E-state index contributed by atoms with van der Waals surface area (Å²) in [7, 11) is 1.59. The lowest BCUT2D eigenvalue weighted by molar-refractivity contribution is -0.115. The van der Waals surface area contributed by atoms with E-state index in [0.717, 1.165) is 11.7 Å². The summed E-state index contributed by atoms with van der Waals surface area (Å²) in [6.07, 6.45) is 6.01. The van der Waals surface area contributed by atoms with Crippen molar-refractivity contribution < 1.29 is 9.53 Å². The van der Waals surface area contributed by atoms with Crippen LogP contribution in [0, 0.1) is 5.92 Å². The van der Waals surface area contributed by atoms with Crippen molar-refractivity contribution in [3.8, 4) is 5.75 Å². The molecule has 0 atom stereocenters. The topological polar surface area (TPSA) is 64.3 Å². The van der Waals surface area contributed by atoms with Crippen LogP contribution in [0.5, 0.6) is 5.75 Å². The number of carbonyl (C=O) groups excluding carboxylic acids is 1. The van der Waals surface area contributed by atoms with Crippen molar-refractivity contribution in [1.29, 1.82) is 0 Å². The molecular formula is C16H24N2O2S. The van der Waals surface area contributed by atoms with Gasteiger partial charge in [-0.1, -0.05) is 12.8 Å². The number of nitrogen functional groups attached to an aromatic ring is 1. The number of carbonyl (C=O) groups is 1. The van der Waals surface area contributed by atoms with Crippen LogP contribution < -0.4 is 15.8 Å². The average molecular weight is 308 g/mol. The van der Waals surface area contributed by atoms with Gasteiger partial charge in [-0.25, -0.2) is 0 Å². The molecule has 1 aliphatic rings. The van der Waals surface area contributed by atoms with E-state index >= 15 is 0 Å². The monoisotopic (exact) mass is 308 g/mol. The summed E-state index contributed by atoms with van der Waals surface area (Å²) < 4.78 is 5.09. The Morgan fingerprint density at radius 1 is 1.43 bits per heavy atom. The summed E-state index contributed by atoms with van der Waals surface area (Å²) in [5, 5.41) is 2.86. The standard InChI is InChI=1S/C16H24N2O2S/c1-20-13-6-7-15(14(17)10-13)18-16(19)8-9-21-11-12-4-2-3-5-12/h6-7,10,12H,2-5,8-9,11,17H2,1H3,(H,18,19). The van der Waals surface area contributed by atoms with Crippen molar-refractivity contribution in [2.75, 3.05) is 29.7 Å². The maximum Gasteiger partial charge on any atom is 0.225 e. The molecule has 1 saturated carbocycles. The van der Waals surface area contributed by atoms with Crippen LogP contribution in [0.1, 0.15) is 32.1 Å². The van der Waals surface area contributed by atoms with Gasteiger partial charge in [-0.05, 0) is 36.6 Å². The van der Waals surface area contributed by atoms with Crippen LogP contribution in [0.15, 0.2) is 18.2 Å². The third-order valence-electron chi connectivity index (χ3n) is 3.83. The summed E-state index contributed by atoms with van der Waals surface area (Å²) in [6, 6.07) is 5.28. The van der Waals surface area contributed by atoms with Gasteiger partial charge in [-0.15, -0.1) is 0 Å². The maximum absolute atomic E-state index is 11.9. The summed E-state index contributed by atoms with van der Waals surface area (Å²) in [6.45, 7) is 0. The fourth-order valence-electron chi connectivity index (χ4n) is 2.59. The summed E-state index contributed by atoms with van der Waals surface area (Å²) in [5.41, 5.74) is 7.07. The SMILES string of the molecule is COc1ccc(NC(=O)CCSCC2CCCC2)c(N)c1. The van der Waals surface area contributed by atoms with E-state index in [4.69, 9.17) is 10.5 Å². The van der Waals surface area contributed by atoms with Crippen molar-refractivity contribution >= 4 is 29.0 Å². The summed E-state index contributed by atoms with van der Waals surface area (Å²) in [4.78, 5) is 11.9. The number of nitrogens with two attached hydrogens (primary N) is 1. The molecule has 1 fully saturated rings. The van der Waals surface area contributed by atoms with E-state index in [1.807, 2.05) is 11.8 Å². The largest absolute Gasteiger partial charge is 0.497 e. The first-order valence-electron chi connectivity index (χ1n) is 7.50. The highest BCUT2D eigenvalue weighted by Crippen LogP contribution is 2.28. The van der Waals surface area contributed by atoms with E-state index in [9.17, 15) is 4.79 Å². The van der Waals surface area contributed by atoms with Crippen LogP contribution in [0.25, 0.3) is 0 Å². The van der Waals surface area contributed by atoms with E-state index in [2.05, 4.69) is 5.32 Å². The number of rotatable bonds is 7. The first-order valence-corrected chi connectivity index (χ1v) is 8.65. The van der Waals surface area contributed by atoms with Crippen LogP contribution in [-0.2, 0) is 4.79 Å². The Kier molecular flexibility index (Phi) is 6.23. The van der Waals surface area contributed by atoms with Gasteiger partial charge in [-0.2, -0.15) is 11.8 Å². The Balaban J connectivity index is 1.69. The number of amides is 1. The van der Waals surface area contributed by atoms with Gasteiger partial charge in [0.25, 0.3) is 0 Å². The molecule has 5 heteroatoms. The molecule has 0 aromatic heterocycles. The summed E-state index contributed by atoms with van der Waals surface area (Å²) in [5.74, 6) is 3.65. The molecular weight excluding hydrogens is 284 g/mol. The molecule has 0 spiro atoms. The van der Waals surface area contributed by atoms with Crippen molar-refractivity contribution in [2.24, 2.45) is 5.92 Å². The molecule has 0 bridgehead atoms. The van der Waals surface area contributed by atoms with Crippen molar-refractivity contribution in [3.63, 3.8) is 0 Å².